The summed E-state index contributed by atoms with van der Waals surface area (Å²) in [7, 11) is 0. The van der Waals surface area contributed by atoms with E-state index in [9.17, 15) is 9.18 Å². The lowest BCUT2D eigenvalue weighted by molar-refractivity contribution is -0.118. The Morgan fingerprint density at radius 1 is 1.41 bits per heavy atom. The second-order valence-corrected chi connectivity index (χ2v) is 3.80. The van der Waals surface area contributed by atoms with Gasteiger partial charge in [-0.25, -0.2) is 4.39 Å². The summed E-state index contributed by atoms with van der Waals surface area (Å²) in [5, 5.41) is 8.65. The SMILES string of the molecule is CCN(C(=O)CCCCO)c1cccc(F)c1. The van der Waals surface area contributed by atoms with Gasteiger partial charge >= 0.3 is 0 Å². The average molecular weight is 239 g/mol. The van der Waals surface area contributed by atoms with Crippen molar-refractivity contribution in [3.05, 3.63) is 30.1 Å². The molecule has 1 aromatic carbocycles. The first-order valence-electron chi connectivity index (χ1n) is 5.85. The highest BCUT2D eigenvalue weighted by Gasteiger charge is 2.13. The van der Waals surface area contributed by atoms with Crippen LogP contribution in [0.15, 0.2) is 24.3 Å². The van der Waals surface area contributed by atoms with Crippen molar-refractivity contribution in [2.24, 2.45) is 0 Å². The van der Waals surface area contributed by atoms with Gasteiger partial charge in [-0.1, -0.05) is 6.07 Å². The molecule has 0 heterocycles. The molecule has 0 atom stereocenters. The molecule has 0 aliphatic carbocycles. The monoisotopic (exact) mass is 239 g/mol. The summed E-state index contributed by atoms with van der Waals surface area (Å²) < 4.78 is 13.1. The fraction of sp³-hybridized carbons (Fsp3) is 0.462. The number of rotatable bonds is 6. The van der Waals surface area contributed by atoms with Gasteiger partial charge in [-0.05, 0) is 38.0 Å². The molecule has 0 bridgehead atoms. The van der Waals surface area contributed by atoms with Gasteiger partial charge in [0.05, 0.1) is 0 Å². The summed E-state index contributed by atoms with van der Waals surface area (Å²) >= 11 is 0. The Labute approximate surface area is 101 Å². The van der Waals surface area contributed by atoms with Gasteiger partial charge < -0.3 is 10.0 Å². The molecule has 1 rings (SSSR count). The number of carbonyl (C=O) groups excluding carboxylic acids is 1. The summed E-state index contributed by atoms with van der Waals surface area (Å²) in [5.41, 5.74) is 0.585. The second kappa shape index (κ2) is 7.01. The molecule has 0 saturated carbocycles. The minimum atomic E-state index is -0.343. The Morgan fingerprint density at radius 3 is 2.76 bits per heavy atom. The molecule has 1 N–H and O–H groups in total. The number of benzene rings is 1. The van der Waals surface area contributed by atoms with Crippen LogP contribution in [0.2, 0.25) is 0 Å². The highest BCUT2D eigenvalue weighted by atomic mass is 19.1. The summed E-state index contributed by atoms with van der Waals surface area (Å²) in [6.45, 7) is 2.47. The molecule has 0 radical (unpaired) electrons. The summed E-state index contributed by atoms with van der Waals surface area (Å²) in [6, 6.07) is 6.02. The van der Waals surface area contributed by atoms with Gasteiger partial charge in [0.25, 0.3) is 0 Å². The minimum absolute atomic E-state index is 0.0356. The second-order valence-electron chi connectivity index (χ2n) is 3.80. The zero-order chi connectivity index (χ0) is 12.7. The highest BCUT2D eigenvalue weighted by molar-refractivity contribution is 5.93. The lowest BCUT2D eigenvalue weighted by atomic mass is 10.2. The van der Waals surface area contributed by atoms with E-state index < -0.39 is 0 Å². The van der Waals surface area contributed by atoms with E-state index in [1.54, 1.807) is 17.0 Å². The Morgan fingerprint density at radius 2 is 2.18 bits per heavy atom. The third kappa shape index (κ3) is 4.15. The lowest BCUT2D eigenvalue weighted by Gasteiger charge is -2.21. The van der Waals surface area contributed by atoms with Gasteiger partial charge in [-0.3, -0.25) is 4.79 Å². The number of anilines is 1. The summed E-state index contributed by atoms with van der Waals surface area (Å²) in [4.78, 5) is 13.4. The van der Waals surface area contributed by atoms with Crippen molar-refractivity contribution >= 4 is 11.6 Å². The van der Waals surface area contributed by atoms with Gasteiger partial charge in [0.1, 0.15) is 5.82 Å². The number of carbonyl (C=O) groups is 1. The quantitative estimate of drug-likeness (QED) is 0.774. The fourth-order valence-electron chi connectivity index (χ4n) is 1.67. The predicted octanol–water partition coefficient (Wildman–Crippen LogP) is 2.34. The topological polar surface area (TPSA) is 40.5 Å². The molecule has 0 unspecified atom stereocenters. The van der Waals surface area contributed by atoms with Crippen LogP contribution in [0.4, 0.5) is 10.1 Å². The van der Waals surface area contributed by atoms with Crippen LogP contribution in [0, 0.1) is 5.82 Å². The molecule has 94 valence electrons. The maximum absolute atomic E-state index is 13.1. The summed E-state index contributed by atoms with van der Waals surface area (Å²) in [6.07, 6.45) is 1.65. The van der Waals surface area contributed by atoms with Crippen molar-refractivity contribution in [2.75, 3.05) is 18.1 Å². The maximum atomic E-state index is 13.1. The molecule has 0 aliphatic rings. The van der Waals surface area contributed by atoms with Crippen molar-refractivity contribution in [3.63, 3.8) is 0 Å². The van der Waals surface area contributed by atoms with E-state index in [1.165, 1.54) is 12.1 Å². The van der Waals surface area contributed by atoms with Gasteiger partial charge in [0, 0.05) is 25.3 Å². The zero-order valence-corrected chi connectivity index (χ0v) is 10.0. The number of unbranched alkanes of at least 4 members (excludes halogenated alkanes) is 1. The van der Waals surface area contributed by atoms with Gasteiger partial charge in [0.15, 0.2) is 0 Å². The largest absolute Gasteiger partial charge is 0.396 e. The van der Waals surface area contributed by atoms with Crippen LogP contribution in [0.3, 0.4) is 0 Å². The number of aliphatic hydroxyl groups excluding tert-OH is 1. The van der Waals surface area contributed by atoms with E-state index in [4.69, 9.17) is 5.11 Å². The Hall–Kier alpha value is -1.42. The fourth-order valence-corrected chi connectivity index (χ4v) is 1.67. The van der Waals surface area contributed by atoms with Gasteiger partial charge in [-0.2, -0.15) is 0 Å². The predicted molar refractivity (Wildman–Crippen MR) is 65.4 cm³/mol. The number of aliphatic hydroxyl groups is 1. The van der Waals surface area contributed by atoms with Crippen molar-refractivity contribution in [1.82, 2.24) is 0 Å². The van der Waals surface area contributed by atoms with Crippen molar-refractivity contribution in [1.29, 1.82) is 0 Å². The Kier molecular flexibility index (Phi) is 5.63. The van der Waals surface area contributed by atoms with Crippen LogP contribution in [-0.2, 0) is 4.79 Å². The number of halogens is 1. The standard InChI is InChI=1S/C13H18FNO2/c1-2-15(13(17)8-3-4-9-16)12-7-5-6-11(14)10-12/h5-7,10,16H,2-4,8-9H2,1H3. The first-order valence-corrected chi connectivity index (χ1v) is 5.85. The normalized spacial score (nSPS) is 10.3. The third-order valence-corrected chi connectivity index (χ3v) is 2.54. The summed E-state index contributed by atoms with van der Waals surface area (Å²) in [5.74, 6) is -0.379. The van der Waals surface area contributed by atoms with Crippen LogP contribution >= 0.6 is 0 Å². The highest BCUT2D eigenvalue weighted by Crippen LogP contribution is 2.17. The molecule has 0 aliphatic heterocycles. The van der Waals surface area contributed by atoms with Crippen LogP contribution in [0.1, 0.15) is 26.2 Å². The van der Waals surface area contributed by atoms with Gasteiger partial charge in [0.2, 0.25) is 5.91 Å². The van der Waals surface area contributed by atoms with Crippen LogP contribution in [0.5, 0.6) is 0 Å². The Bertz CT molecular complexity index is 368. The minimum Gasteiger partial charge on any atom is -0.396 e. The van der Waals surface area contributed by atoms with Crippen LogP contribution in [-0.4, -0.2) is 24.2 Å². The van der Waals surface area contributed by atoms with Crippen LogP contribution in [0.25, 0.3) is 0 Å². The number of hydrogen-bond acceptors (Lipinski definition) is 2. The molecule has 0 fully saturated rings. The molecule has 1 aromatic rings. The molecular weight excluding hydrogens is 221 g/mol. The molecular formula is C13H18FNO2. The van der Waals surface area contributed by atoms with Crippen molar-refractivity contribution < 1.29 is 14.3 Å². The van der Waals surface area contributed by atoms with Gasteiger partial charge in [-0.15, -0.1) is 0 Å². The molecule has 0 aromatic heterocycles. The number of amides is 1. The Balaban J connectivity index is 2.67. The molecule has 0 saturated heterocycles. The smallest absolute Gasteiger partial charge is 0.226 e. The lowest BCUT2D eigenvalue weighted by Crippen LogP contribution is -2.30. The first-order chi connectivity index (χ1) is 8.19. The number of hydrogen-bond donors (Lipinski definition) is 1. The third-order valence-electron chi connectivity index (χ3n) is 2.54. The molecule has 17 heavy (non-hydrogen) atoms. The van der Waals surface area contributed by atoms with Crippen molar-refractivity contribution in [3.8, 4) is 0 Å². The van der Waals surface area contributed by atoms with E-state index >= 15 is 0 Å². The zero-order valence-electron chi connectivity index (χ0n) is 10.0. The molecule has 0 spiro atoms. The van der Waals surface area contributed by atoms with E-state index in [1.807, 2.05) is 6.92 Å². The van der Waals surface area contributed by atoms with E-state index in [0.29, 0.717) is 31.5 Å². The maximum Gasteiger partial charge on any atom is 0.226 e. The van der Waals surface area contributed by atoms with E-state index in [-0.39, 0.29) is 18.3 Å². The number of nitrogens with zero attached hydrogens (tertiary/aromatic N) is 1. The first kappa shape index (κ1) is 13.6. The average Bonchev–Trinajstić information content (AvgIpc) is 2.30. The molecule has 1 amide bonds. The van der Waals surface area contributed by atoms with Crippen molar-refractivity contribution in [2.45, 2.75) is 26.2 Å². The van der Waals surface area contributed by atoms with E-state index in [2.05, 4.69) is 0 Å². The molecule has 3 nitrogen and oxygen atoms in total. The molecule has 4 heteroatoms. The van der Waals surface area contributed by atoms with E-state index in [0.717, 1.165) is 0 Å². The van der Waals surface area contributed by atoms with Crippen LogP contribution < -0.4 is 4.90 Å².